The van der Waals surface area contributed by atoms with Crippen LogP contribution >= 0.6 is 0 Å². The first-order chi connectivity index (χ1) is 12.1. The highest BCUT2D eigenvalue weighted by molar-refractivity contribution is 5.98. The fourth-order valence-electron chi connectivity index (χ4n) is 2.55. The number of methoxy groups -OCH3 is 1. The van der Waals surface area contributed by atoms with Gasteiger partial charge in [0.15, 0.2) is 0 Å². The number of aromatic amines is 1. The van der Waals surface area contributed by atoms with E-state index in [1.165, 1.54) is 0 Å². The second-order valence-electron chi connectivity index (χ2n) is 5.55. The Balaban J connectivity index is 2.40. The maximum Gasteiger partial charge on any atom is 0.258 e. The zero-order chi connectivity index (χ0) is 18.2. The van der Waals surface area contributed by atoms with Crippen molar-refractivity contribution in [2.75, 3.05) is 7.11 Å². The Morgan fingerprint density at radius 2 is 2.00 bits per heavy atom. The van der Waals surface area contributed by atoms with Gasteiger partial charge in [-0.3, -0.25) is 9.79 Å². The van der Waals surface area contributed by atoms with Gasteiger partial charge in [-0.1, -0.05) is 37.3 Å². The van der Waals surface area contributed by atoms with E-state index >= 15 is 0 Å². The van der Waals surface area contributed by atoms with Crippen molar-refractivity contribution in [3.8, 4) is 11.3 Å². The molecule has 0 saturated carbocycles. The van der Waals surface area contributed by atoms with Crippen molar-refractivity contribution in [1.29, 1.82) is 0 Å². The van der Waals surface area contributed by atoms with E-state index in [0.717, 1.165) is 29.1 Å². The van der Waals surface area contributed by atoms with Crippen LogP contribution in [0.3, 0.4) is 0 Å². The number of hydrogen-bond acceptors (Lipinski definition) is 3. The number of nitrogens with one attached hydrogen (secondary N) is 1. The SMILES string of the molecule is C\C=C(/N=C(C)/C=C\C(=C/CC)OC)c1c2cccccc-2[nH]c1=O. The maximum atomic E-state index is 12.4. The molecule has 0 bridgehead atoms. The predicted octanol–water partition coefficient (Wildman–Crippen LogP) is 4.80. The average Bonchev–Trinajstić information content (AvgIpc) is 2.76. The Hall–Kier alpha value is -2.88. The standard InChI is InChI=1S/C21H24N2O2/c1-5-10-16(25-4)14-13-15(3)22-18(6-2)20-17-11-8-7-9-12-19(17)23-21(20)24/h6-14H,5H2,1-4H3,(H,23,24)/b14-13-,16-10+,18-6-,22-15+. The first kappa shape index (κ1) is 18.5. The Kier molecular flexibility index (Phi) is 6.52. The normalized spacial score (nSPS) is 13.7. The van der Waals surface area contributed by atoms with E-state index in [1.807, 2.05) is 68.5 Å². The molecule has 4 heteroatoms. The van der Waals surface area contributed by atoms with E-state index in [9.17, 15) is 4.79 Å². The molecule has 0 aromatic carbocycles. The molecule has 1 aliphatic carbocycles. The van der Waals surface area contributed by atoms with Crippen LogP contribution in [0.2, 0.25) is 0 Å². The fourth-order valence-corrected chi connectivity index (χ4v) is 2.55. The molecule has 0 radical (unpaired) electrons. The van der Waals surface area contributed by atoms with Crippen molar-refractivity contribution in [2.24, 2.45) is 4.99 Å². The molecular weight excluding hydrogens is 312 g/mol. The van der Waals surface area contributed by atoms with Crippen LogP contribution < -0.4 is 5.56 Å². The van der Waals surface area contributed by atoms with E-state index in [1.54, 1.807) is 7.11 Å². The summed E-state index contributed by atoms with van der Waals surface area (Å²) in [4.78, 5) is 19.9. The van der Waals surface area contributed by atoms with Gasteiger partial charge in [-0.2, -0.15) is 0 Å². The molecule has 2 rings (SSSR count). The molecule has 0 amide bonds. The Labute approximate surface area is 148 Å². The summed E-state index contributed by atoms with van der Waals surface area (Å²) in [5, 5.41) is 0. The first-order valence-corrected chi connectivity index (χ1v) is 8.36. The van der Waals surface area contributed by atoms with Gasteiger partial charge in [0.05, 0.1) is 18.4 Å². The number of fused-ring (bicyclic) bond motifs is 1. The van der Waals surface area contributed by atoms with Crippen molar-refractivity contribution >= 4 is 11.4 Å². The third-order valence-electron chi connectivity index (χ3n) is 3.74. The van der Waals surface area contributed by atoms with E-state index in [-0.39, 0.29) is 5.56 Å². The summed E-state index contributed by atoms with van der Waals surface area (Å²) in [6.07, 6.45) is 8.51. The molecule has 1 aliphatic heterocycles. The number of allylic oxidation sites excluding steroid dienone is 4. The minimum absolute atomic E-state index is 0.127. The van der Waals surface area contributed by atoms with Gasteiger partial charge >= 0.3 is 0 Å². The molecule has 25 heavy (non-hydrogen) atoms. The highest BCUT2D eigenvalue weighted by Crippen LogP contribution is 2.27. The zero-order valence-corrected chi connectivity index (χ0v) is 15.2. The summed E-state index contributed by atoms with van der Waals surface area (Å²) < 4.78 is 5.28. The maximum absolute atomic E-state index is 12.4. The number of ether oxygens (including phenoxy) is 1. The van der Waals surface area contributed by atoms with E-state index in [0.29, 0.717) is 11.3 Å². The van der Waals surface area contributed by atoms with Crippen LogP contribution in [0.25, 0.3) is 17.0 Å². The highest BCUT2D eigenvalue weighted by atomic mass is 16.5. The van der Waals surface area contributed by atoms with Crippen molar-refractivity contribution < 1.29 is 4.74 Å². The lowest BCUT2D eigenvalue weighted by molar-refractivity contribution is 0.305. The lowest BCUT2D eigenvalue weighted by atomic mass is 10.1. The highest BCUT2D eigenvalue weighted by Gasteiger charge is 2.16. The van der Waals surface area contributed by atoms with E-state index in [4.69, 9.17) is 4.74 Å². The van der Waals surface area contributed by atoms with Gasteiger partial charge in [0.2, 0.25) is 0 Å². The van der Waals surface area contributed by atoms with Crippen LogP contribution in [0, 0.1) is 0 Å². The van der Waals surface area contributed by atoms with E-state index < -0.39 is 0 Å². The summed E-state index contributed by atoms with van der Waals surface area (Å²) in [6.45, 7) is 5.84. The third kappa shape index (κ3) is 4.57. The number of nitrogens with zero attached hydrogens (tertiary/aromatic N) is 1. The Bertz CT molecular complexity index is 870. The smallest absolute Gasteiger partial charge is 0.258 e. The van der Waals surface area contributed by atoms with Gasteiger partial charge in [-0.15, -0.1) is 0 Å². The molecule has 0 spiro atoms. The van der Waals surface area contributed by atoms with Crippen molar-refractivity contribution in [3.05, 3.63) is 76.3 Å². The van der Waals surface area contributed by atoms with Crippen molar-refractivity contribution in [2.45, 2.75) is 27.2 Å². The summed E-state index contributed by atoms with van der Waals surface area (Å²) in [7, 11) is 1.64. The van der Waals surface area contributed by atoms with Crippen LogP contribution in [0.15, 0.2) is 70.2 Å². The fraction of sp³-hybridized carbons (Fsp3) is 0.238. The molecule has 0 aromatic heterocycles. The van der Waals surface area contributed by atoms with Crippen LogP contribution in [0.5, 0.6) is 0 Å². The molecule has 1 N–H and O–H groups in total. The molecular formula is C21H24N2O2. The molecule has 0 saturated heterocycles. The van der Waals surface area contributed by atoms with Crippen LogP contribution in [-0.4, -0.2) is 17.8 Å². The molecule has 0 atom stereocenters. The monoisotopic (exact) mass is 336 g/mol. The molecule has 4 nitrogen and oxygen atoms in total. The summed E-state index contributed by atoms with van der Waals surface area (Å²) >= 11 is 0. The molecule has 2 aliphatic rings. The molecule has 0 unspecified atom stereocenters. The van der Waals surface area contributed by atoms with Gasteiger partial charge in [-0.05, 0) is 44.6 Å². The lowest BCUT2D eigenvalue weighted by Crippen LogP contribution is -2.04. The quantitative estimate of drug-likeness (QED) is 0.468. The molecule has 0 aromatic rings. The predicted molar refractivity (Wildman–Crippen MR) is 105 cm³/mol. The minimum Gasteiger partial charge on any atom is -0.497 e. The number of hydrogen-bond donors (Lipinski definition) is 1. The summed E-state index contributed by atoms with van der Waals surface area (Å²) in [5.41, 5.74) is 3.59. The number of aromatic nitrogens is 1. The second-order valence-corrected chi connectivity index (χ2v) is 5.55. The molecule has 1 heterocycles. The minimum atomic E-state index is -0.127. The Morgan fingerprint density at radius 3 is 2.68 bits per heavy atom. The Morgan fingerprint density at radius 1 is 1.24 bits per heavy atom. The molecule has 130 valence electrons. The lowest BCUT2D eigenvalue weighted by Gasteiger charge is -2.02. The summed E-state index contributed by atoms with van der Waals surface area (Å²) in [6, 6.07) is 9.58. The van der Waals surface area contributed by atoms with Crippen LogP contribution in [0.1, 0.15) is 32.8 Å². The average molecular weight is 336 g/mol. The van der Waals surface area contributed by atoms with Gasteiger partial charge in [-0.25, -0.2) is 0 Å². The number of rotatable bonds is 6. The van der Waals surface area contributed by atoms with Gasteiger partial charge in [0.25, 0.3) is 5.56 Å². The third-order valence-corrected chi connectivity index (χ3v) is 3.74. The second kappa shape index (κ2) is 8.83. The van der Waals surface area contributed by atoms with Gasteiger partial charge < -0.3 is 9.72 Å². The molecule has 0 fully saturated rings. The number of aliphatic imine (C=N–C) groups is 1. The van der Waals surface area contributed by atoms with Crippen molar-refractivity contribution in [3.63, 3.8) is 0 Å². The van der Waals surface area contributed by atoms with E-state index in [2.05, 4.69) is 16.9 Å². The van der Waals surface area contributed by atoms with Gasteiger partial charge in [0, 0.05) is 17.0 Å². The van der Waals surface area contributed by atoms with Crippen LogP contribution in [0.4, 0.5) is 0 Å². The zero-order valence-electron chi connectivity index (χ0n) is 15.2. The first-order valence-electron chi connectivity index (χ1n) is 8.36. The van der Waals surface area contributed by atoms with Crippen molar-refractivity contribution in [1.82, 2.24) is 4.98 Å². The number of H-pyrrole nitrogens is 1. The largest absolute Gasteiger partial charge is 0.497 e. The summed E-state index contributed by atoms with van der Waals surface area (Å²) in [5.74, 6) is 0.794. The topological polar surface area (TPSA) is 54.4 Å². The van der Waals surface area contributed by atoms with Crippen LogP contribution in [-0.2, 0) is 4.74 Å². The van der Waals surface area contributed by atoms with Gasteiger partial charge in [0.1, 0.15) is 5.76 Å².